The van der Waals surface area contributed by atoms with E-state index < -0.39 is 0 Å². The quantitative estimate of drug-likeness (QED) is 0.783. The summed E-state index contributed by atoms with van der Waals surface area (Å²) in [5, 5.41) is 9.92. The summed E-state index contributed by atoms with van der Waals surface area (Å²) in [7, 11) is 0. The molecule has 7 nitrogen and oxygen atoms in total. The molecule has 1 fully saturated rings. The van der Waals surface area contributed by atoms with Crippen molar-refractivity contribution < 1.29 is 9.59 Å². The molecule has 2 aromatic rings. The van der Waals surface area contributed by atoms with Gasteiger partial charge in [-0.15, -0.1) is 6.42 Å². The van der Waals surface area contributed by atoms with Crippen LogP contribution in [0.25, 0.3) is 5.57 Å². The van der Waals surface area contributed by atoms with Crippen LogP contribution in [0, 0.1) is 12.3 Å². The second kappa shape index (κ2) is 7.69. The van der Waals surface area contributed by atoms with Gasteiger partial charge in [-0.2, -0.15) is 5.10 Å². The third kappa shape index (κ3) is 4.12. The number of pyridine rings is 1. The number of aromatic nitrogens is 3. The van der Waals surface area contributed by atoms with Crippen molar-refractivity contribution in [2.75, 3.05) is 18.4 Å². The molecule has 1 aliphatic carbocycles. The Labute approximate surface area is 163 Å². The minimum Gasteiger partial charge on any atom is -0.327 e. The number of H-pyrrole nitrogens is 1. The summed E-state index contributed by atoms with van der Waals surface area (Å²) < 4.78 is 0. The van der Waals surface area contributed by atoms with Gasteiger partial charge in [0.15, 0.2) is 5.82 Å². The van der Waals surface area contributed by atoms with Crippen LogP contribution in [0.3, 0.4) is 0 Å². The van der Waals surface area contributed by atoms with E-state index in [1.807, 2.05) is 18.2 Å². The lowest BCUT2D eigenvalue weighted by atomic mass is 10.0. The van der Waals surface area contributed by atoms with Crippen LogP contribution in [-0.2, 0) is 16.0 Å². The number of aromatic amines is 1. The van der Waals surface area contributed by atoms with Crippen molar-refractivity contribution in [1.82, 2.24) is 20.1 Å². The van der Waals surface area contributed by atoms with E-state index in [0.29, 0.717) is 24.8 Å². The Morgan fingerprint density at radius 3 is 2.93 bits per heavy atom. The van der Waals surface area contributed by atoms with Crippen molar-refractivity contribution in [2.45, 2.75) is 31.6 Å². The molecule has 2 aliphatic rings. The van der Waals surface area contributed by atoms with E-state index in [2.05, 4.69) is 32.5 Å². The minimum absolute atomic E-state index is 0.133. The van der Waals surface area contributed by atoms with E-state index in [9.17, 15) is 9.59 Å². The first kappa shape index (κ1) is 18.0. The van der Waals surface area contributed by atoms with Gasteiger partial charge in [0.05, 0.1) is 12.1 Å². The van der Waals surface area contributed by atoms with Crippen LogP contribution in [0.1, 0.15) is 42.1 Å². The van der Waals surface area contributed by atoms with E-state index in [4.69, 9.17) is 6.42 Å². The Kier molecular flexibility index (Phi) is 4.94. The van der Waals surface area contributed by atoms with Gasteiger partial charge in [-0.1, -0.05) is 12.1 Å². The molecule has 7 heteroatoms. The van der Waals surface area contributed by atoms with Crippen LogP contribution in [0.2, 0.25) is 0 Å². The molecule has 4 rings (SSSR count). The molecule has 0 spiro atoms. The standard InChI is InChI=1S/C21H21N5O2/c1-2-21(28)26-9-3-4-16(13-26)17-8-5-14(12-22-17)10-20(27)23-19-11-18(24-25-19)15-6-7-15/h1,4-5,8,11-12,15H,3,6-7,9-10,13H2,(H2,23,24,25,27). The topological polar surface area (TPSA) is 91.0 Å². The first-order valence-electron chi connectivity index (χ1n) is 9.37. The molecular formula is C21H21N5O2. The number of terminal acetylenes is 1. The maximum absolute atomic E-state index is 12.2. The fourth-order valence-electron chi connectivity index (χ4n) is 3.29. The first-order valence-corrected chi connectivity index (χ1v) is 9.37. The molecule has 0 radical (unpaired) electrons. The monoisotopic (exact) mass is 375 g/mol. The summed E-state index contributed by atoms with van der Waals surface area (Å²) >= 11 is 0. The minimum atomic E-state index is -0.304. The number of carbonyl (C=O) groups excluding carboxylic acids is 2. The lowest BCUT2D eigenvalue weighted by Gasteiger charge is -2.25. The van der Waals surface area contributed by atoms with Gasteiger partial charge >= 0.3 is 0 Å². The average molecular weight is 375 g/mol. The second-order valence-corrected chi connectivity index (χ2v) is 7.15. The van der Waals surface area contributed by atoms with E-state index in [0.717, 1.165) is 28.9 Å². The molecule has 0 aromatic carbocycles. The van der Waals surface area contributed by atoms with Crippen molar-refractivity contribution in [1.29, 1.82) is 0 Å². The van der Waals surface area contributed by atoms with Gasteiger partial charge in [-0.3, -0.25) is 19.7 Å². The van der Waals surface area contributed by atoms with Gasteiger partial charge in [0.25, 0.3) is 5.91 Å². The SMILES string of the molecule is C#CC(=O)N1CCC=C(c2ccc(CC(=O)Nc3cc(C4CC4)[nH]n3)cn2)C1. The number of rotatable bonds is 5. The molecule has 3 heterocycles. The van der Waals surface area contributed by atoms with Gasteiger partial charge in [-0.05, 0) is 42.4 Å². The molecule has 1 saturated carbocycles. The summed E-state index contributed by atoms with van der Waals surface area (Å²) in [6.45, 7) is 1.08. The zero-order valence-corrected chi connectivity index (χ0v) is 15.4. The Balaban J connectivity index is 1.35. The van der Waals surface area contributed by atoms with E-state index in [-0.39, 0.29) is 18.2 Å². The average Bonchev–Trinajstić information content (AvgIpc) is 3.47. The van der Waals surface area contributed by atoms with Crippen LogP contribution in [0.15, 0.2) is 30.5 Å². The Hall–Kier alpha value is -3.40. The third-order valence-electron chi connectivity index (χ3n) is 4.96. The molecule has 0 unspecified atom stereocenters. The van der Waals surface area contributed by atoms with Crippen molar-refractivity contribution in [3.63, 3.8) is 0 Å². The number of carbonyl (C=O) groups is 2. The van der Waals surface area contributed by atoms with Crippen molar-refractivity contribution in [2.24, 2.45) is 0 Å². The first-order chi connectivity index (χ1) is 13.6. The highest BCUT2D eigenvalue weighted by Crippen LogP contribution is 2.39. The largest absolute Gasteiger partial charge is 0.327 e. The highest BCUT2D eigenvalue weighted by molar-refractivity contribution is 5.94. The van der Waals surface area contributed by atoms with Crippen LogP contribution in [0.5, 0.6) is 0 Å². The van der Waals surface area contributed by atoms with Crippen LogP contribution >= 0.6 is 0 Å². The fraction of sp³-hybridized carbons (Fsp3) is 0.333. The number of nitrogens with one attached hydrogen (secondary N) is 2. The number of anilines is 1. The third-order valence-corrected chi connectivity index (χ3v) is 4.96. The summed E-state index contributed by atoms with van der Waals surface area (Å²) in [4.78, 5) is 30.0. The molecular weight excluding hydrogens is 354 g/mol. The fourth-order valence-corrected chi connectivity index (χ4v) is 3.29. The summed E-state index contributed by atoms with van der Waals surface area (Å²) in [5.41, 5.74) is 3.65. The summed E-state index contributed by atoms with van der Waals surface area (Å²) in [5.74, 6) is 2.84. The maximum atomic E-state index is 12.2. The van der Waals surface area contributed by atoms with Gasteiger partial charge in [0.1, 0.15) is 0 Å². The molecule has 28 heavy (non-hydrogen) atoms. The highest BCUT2D eigenvalue weighted by Gasteiger charge is 2.25. The van der Waals surface area contributed by atoms with Crippen LogP contribution in [0.4, 0.5) is 5.82 Å². The number of hydrogen-bond donors (Lipinski definition) is 2. The lowest BCUT2D eigenvalue weighted by Crippen LogP contribution is -2.34. The number of nitrogens with zero attached hydrogens (tertiary/aromatic N) is 3. The number of amides is 2. The van der Waals surface area contributed by atoms with Crippen molar-refractivity contribution >= 4 is 23.2 Å². The Morgan fingerprint density at radius 1 is 1.36 bits per heavy atom. The van der Waals surface area contributed by atoms with Crippen LogP contribution in [-0.4, -0.2) is 45.0 Å². The van der Waals surface area contributed by atoms with E-state index >= 15 is 0 Å². The van der Waals surface area contributed by atoms with Crippen LogP contribution < -0.4 is 5.32 Å². The molecule has 2 amide bonds. The molecule has 2 aromatic heterocycles. The van der Waals surface area contributed by atoms with Crippen molar-refractivity contribution in [3.05, 3.63) is 47.4 Å². The smallest absolute Gasteiger partial charge is 0.298 e. The molecule has 2 N–H and O–H groups in total. The Morgan fingerprint density at radius 2 is 2.21 bits per heavy atom. The van der Waals surface area contributed by atoms with Gasteiger partial charge < -0.3 is 10.2 Å². The Bertz CT molecular complexity index is 963. The van der Waals surface area contributed by atoms with Gasteiger partial charge in [0, 0.05) is 37.0 Å². The zero-order valence-electron chi connectivity index (χ0n) is 15.4. The maximum Gasteiger partial charge on any atom is 0.298 e. The second-order valence-electron chi connectivity index (χ2n) is 7.15. The van der Waals surface area contributed by atoms with Gasteiger partial charge in [-0.25, -0.2) is 0 Å². The predicted octanol–water partition coefficient (Wildman–Crippen LogP) is 2.11. The lowest BCUT2D eigenvalue weighted by molar-refractivity contribution is -0.124. The molecule has 1 aliphatic heterocycles. The normalized spacial score (nSPS) is 16.2. The predicted molar refractivity (Wildman–Crippen MR) is 105 cm³/mol. The zero-order chi connectivity index (χ0) is 19.5. The number of hydrogen-bond acceptors (Lipinski definition) is 4. The van der Waals surface area contributed by atoms with E-state index in [1.54, 1.807) is 11.1 Å². The summed E-state index contributed by atoms with van der Waals surface area (Å²) in [6.07, 6.45) is 12.3. The van der Waals surface area contributed by atoms with Crippen molar-refractivity contribution in [3.8, 4) is 12.3 Å². The van der Waals surface area contributed by atoms with E-state index in [1.165, 1.54) is 12.8 Å². The molecule has 0 atom stereocenters. The molecule has 0 bridgehead atoms. The summed E-state index contributed by atoms with van der Waals surface area (Å²) in [6, 6.07) is 5.65. The highest BCUT2D eigenvalue weighted by atomic mass is 16.2. The van der Waals surface area contributed by atoms with Gasteiger partial charge in [0.2, 0.25) is 5.91 Å². The molecule has 142 valence electrons. The molecule has 0 saturated heterocycles.